The highest BCUT2D eigenvalue weighted by molar-refractivity contribution is 9.10. The third-order valence-corrected chi connectivity index (χ3v) is 9.92. The molecule has 0 fully saturated rings. The van der Waals surface area contributed by atoms with E-state index in [4.69, 9.17) is 13.9 Å². The summed E-state index contributed by atoms with van der Waals surface area (Å²) < 4.78 is 30.7. The Morgan fingerprint density at radius 3 is 2.32 bits per heavy atom. The number of benzene rings is 1. The van der Waals surface area contributed by atoms with Crippen LogP contribution in [-0.4, -0.2) is 35.1 Å². The minimum absolute atomic E-state index is 0.0863. The molecule has 142 valence electrons. The van der Waals surface area contributed by atoms with E-state index in [-0.39, 0.29) is 10.8 Å². The third-order valence-electron chi connectivity index (χ3n) is 4.79. The molecule has 0 amide bonds. The average molecular weight is 435 g/mol. The number of rotatable bonds is 7. The van der Waals surface area contributed by atoms with E-state index in [1.807, 2.05) is 0 Å². The molecule has 0 spiro atoms. The van der Waals surface area contributed by atoms with E-state index in [9.17, 15) is 9.18 Å². The number of hydrogen-bond acceptors (Lipinski definition) is 4. The Morgan fingerprint density at radius 1 is 1.28 bits per heavy atom. The van der Waals surface area contributed by atoms with E-state index in [0.29, 0.717) is 23.1 Å². The molecule has 0 aliphatic rings. The van der Waals surface area contributed by atoms with Crippen LogP contribution in [0.3, 0.4) is 0 Å². The summed E-state index contributed by atoms with van der Waals surface area (Å²) in [7, 11) is 0.819. The standard InChI is InChI=1S/C18H28BrFO4Si/c1-18(2,3)25(6,7)24-9-8-13(17(21)23-5)12-10-14(19)16(22-4)15(20)11-12/h10-11,13H,8-9H2,1-7H3. The van der Waals surface area contributed by atoms with Gasteiger partial charge >= 0.3 is 5.97 Å². The van der Waals surface area contributed by atoms with Crippen LogP contribution in [0.15, 0.2) is 16.6 Å². The van der Waals surface area contributed by atoms with Crippen molar-refractivity contribution in [3.8, 4) is 5.75 Å². The van der Waals surface area contributed by atoms with Gasteiger partial charge in [-0.15, -0.1) is 0 Å². The van der Waals surface area contributed by atoms with Crippen molar-refractivity contribution in [3.63, 3.8) is 0 Å². The van der Waals surface area contributed by atoms with Gasteiger partial charge in [-0.2, -0.15) is 0 Å². The highest BCUT2D eigenvalue weighted by Crippen LogP contribution is 2.37. The lowest BCUT2D eigenvalue weighted by Crippen LogP contribution is -2.41. The molecule has 1 rings (SSSR count). The van der Waals surface area contributed by atoms with Crippen LogP contribution in [0, 0.1) is 5.82 Å². The first-order valence-electron chi connectivity index (χ1n) is 8.19. The van der Waals surface area contributed by atoms with E-state index >= 15 is 0 Å². The molecule has 0 aromatic heterocycles. The van der Waals surface area contributed by atoms with Gasteiger partial charge in [-0.3, -0.25) is 4.79 Å². The van der Waals surface area contributed by atoms with Gasteiger partial charge in [-0.25, -0.2) is 4.39 Å². The maximum Gasteiger partial charge on any atom is 0.313 e. The van der Waals surface area contributed by atoms with Crippen LogP contribution >= 0.6 is 15.9 Å². The first-order valence-corrected chi connectivity index (χ1v) is 11.9. The van der Waals surface area contributed by atoms with Crippen molar-refractivity contribution in [3.05, 3.63) is 28.0 Å². The Morgan fingerprint density at radius 2 is 1.88 bits per heavy atom. The smallest absolute Gasteiger partial charge is 0.313 e. The summed E-state index contributed by atoms with van der Waals surface area (Å²) in [5.41, 5.74) is 0.538. The third kappa shape index (κ3) is 5.52. The van der Waals surface area contributed by atoms with Crippen LogP contribution in [0.5, 0.6) is 5.75 Å². The number of carbonyl (C=O) groups is 1. The number of hydrogen-bond donors (Lipinski definition) is 0. The van der Waals surface area contributed by atoms with Gasteiger partial charge < -0.3 is 13.9 Å². The normalized spacial score (nSPS) is 13.5. The van der Waals surface area contributed by atoms with Crippen molar-refractivity contribution >= 4 is 30.2 Å². The molecular formula is C18H28BrFO4Si. The van der Waals surface area contributed by atoms with E-state index in [1.54, 1.807) is 6.07 Å². The Labute approximate surface area is 159 Å². The molecule has 1 aromatic rings. The summed E-state index contributed by atoms with van der Waals surface area (Å²) in [6, 6.07) is 3.01. The fraction of sp³-hybridized carbons (Fsp3) is 0.611. The lowest BCUT2D eigenvalue weighted by atomic mass is 9.96. The Hall–Kier alpha value is -0.923. The number of esters is 1. The minimum Gasteiger partial charge on any atom is -0.492 e. The molecule has 0 radical (unpaired) electrons. The monoisotopic (exact) mass is 434 g/mol. The Kier molecular flexibility index (Phi) is 7.65. The molecule has 0 N–H and O–H groups in total. The predicted molar refractivity (Wildman–Crippen MR) is 103 cm³/mol. The van der Waals surface area contributed by atoms with Gasteiger partial charge in [0.2, 0.25) is 0 Å². The van der Waals surface area contributed by atoms with E-state index in [2.05, 4.69) is 49.8 Å². The molecule has 0 heterocycles. The van der Waals surface area contributed by atoms with Gasteiger partial charge in [0.15, 0.2) is 19.9 Å². The van der Waals surface area contributed by atoms with Gasteiger partial charge in [-0.05, 0) is 58.2 Å². The van der Waals surface area contributed by atoms with E-state index in [1.165, 1.54) is 20.3 Å². The zero-order chi connectivity index (χ0) is 19.4. The SMILES string of the molecule is COC(=O)C(CCO[Si](C)(C)C(C)(C)C)c1cc(F)c(OC)c(Br)c1. The minimum atomic E-state index is -1.91. The molecule has 4 nitrogen and oxygen atoms in total. The quantitative estimate of drug-likeness (QED) is 0.433. The zero-order valence-corrected chi connectivity index (χ0v) is 18.6. The summed E-state index contributed by atoms with van der Waals surface area (Å²) in [6.45, 7) is 11.2. The number of methoxy groups -OCH3 is 2. The second-order valence-electron chi connectivity index (χ2n) is 7.49. The zero-order valence-electron chi connectivity index (χ0n) is 16.0. The molecule has 0 aliphatic carbocycles. The van der Waals surface area contributed by atoms with E-state index < -0.39 is 26.0 Å². The molecule has 1 atom stereocenters. The number of ether oxygens (including phenoxy) is 2. The lowest BCUT2D eigenvalue weighted by molar-refractivity contribution is -0.142. The van der Waals surface area contributed by atoms with Crippen molar-refractivity contribution in [2.45, 2.75) is 51.2 Å². The Bertz CT molecular complexity index is 591. The van der Waals surface area contributed by atoms with Crippen molar-refractivity contribution in [1.82, 2.24) is 0 Å². The second kappa shape index (κ2) is 8.64. The summed E-state index contributed by atoms with van der Waals surface area (Å²) in [5.74, 6) is -1.40. The number of halogens is 2. The molecule has 0 bridgehead atoms. The first-order chi connectivity index (χ1) is 11.4. The first kappa shape index (κ1) is 22.1. The molecule has 1 unspecified atom stereocenters. The van der Waals surface area contributed by atoms with Crippen LogP contribution in [0.4, 0.5) is 4.39 Å². The van der Waals surface area contributed by atoms with Crippen LogP contribution in [-0.2, 0) is 14.0 Å². The largest absolute Gasteiger partial charge is 0.492 e. The van der Waals surface area contributed by atoms with E-state index in [0.717, 1.165) is 0 Å². The molecule has 0 saturated heterocycles. The van der Waals surface area contributed by atoms with Crippen LogP contribution in [0.1, 0.15) is 38.7 Å². The van der Waals surface area contributed by atoms with Gasteiger partial charge in [0.05, 0.1) is 24.6 Å². The van der Waals surface area contributed by atoms with Gasteiger partial charge in [0, 0.05) is 6.61 Å². The van der Waals surface area contributed by atoms with Gasteiger partial charge in [0.1, 0.15) is 0 Å². The maximum absolute atomic E-state index is 14.2. The predicted octanol–water partition coefficient (Wildman–Crippen LogP) is 5.27. The van der Waals surface area contributed by atoms with Crippen molar-refractivity contribution in [1.29, 1.82) is 0 Å². The molecule has 7 heteroatoms. The highest BCUT2D eigenvalue weighted by Gasteiger charge is 2.37. The molecule has 0 saturated carbocycles. The maximum atomic E-state index is 14.2. The van der Waals surface area contributed by atoms with Gasteiger partial charge in [-0.1, -0.05) is 20.8 Å². The van der Waals surface area contributed by atoms with Gasteiger partial charge in [0.25, 0.3) is 0 Å². The fourth-order valence-electron chi connectivity index (χ4n) is 2.19. The molecule has 25 heavy (non-hydrogen) atoms. The molecule has 0 aliphatic heterocycles. The number of carbonyl (C=O) groups excluding carboxylic acids is 1. The topological polar surface area (TPSA) is 44.8 Å². The highest BCUT2D eigenvalue weighted by atomic mass is 79.9. The second-order valence-corrected chi connectivity index (χ2v) is 13.2. The average Bonchev–Trinajstić information content (AvgIpc) is 2.49. The molecule has 1 aromatic carbocycles. The summed E-state index contributed by atoms with van der Waals surface area (Å²) in [6.07, 6.45) is 0.428. The van der Waals surface area contributed by atoms with Crippen LogP contribution in [0.25, 0.3) is 0 Å². The summed E-state index contributed by atoms with van der Waals surface area (Å²) in [4.78, 5) is 12.2. The van der Waals surface area contributed by atoms with Crippen molar-refractivity contribution < 1.29 is 23.1 Å². The van der Waals surface area contributed by atoms with Crippen molar-refractivity contribution in [2.24, 2.45) is 0 Å². The fourth-order valence-corrected chi connectivity index (χ4v) is 3.86. The Balaban J connectivity index is 2.99. The lowest BCUT2D eigenvalue weighted by Gasteiger charge is -2.36. The van der Waals surface area contributed by atoms with Crippen LogP contribution in [0.2, 0.25) is 18.1 Å². The molecular weight excluding hydrogens is 407 g/mol. The summed E-state index contributed by atoms with van der Waals surface area (Å²) in [5, 5.41) is 0.0863. The van der Waals surface area contributed by atoms with Crippen LogP contribution < -0.4 is 4.74 Å². The summed E-state index contributed by atoms with van der Waals surface area (Å²) >= 11 is 3.28. The van der Waals surface area contributed by atoms with Crippen molar-refractivity contribution in [2.75, 3.05) is 20.8 Å².